The highest BCUT2D eigenvalue weighted by molar-refractivity contribution is 5.99. The summed E-state index contributed by atoms with van der Waals surface area (Å²) in [5.41, 5.74) is 9.14. The number of carbonyl (C=O) groups excluding carboxylic acids is 1. The summed E-state index contributed by atoms with van der Waals surface area (Å²) in [5, 5.41) is 2.58. The Bertz CT molecular complexity index is 359. The first-order chi connectivity index (χ1) is 6.60. The van der Waals surface area contributed by atoms with Gasteiger partial charge in [0.25, 0.3) is 5.91 Å². The first-order valence-corrected chi connectivity index (χ1v) is 4.71. The molecule has 1 amide bonds. The first kappa shape index (κ1) is 10.6. The van der Waals surface area contributed by atoms with E-state index in [9.17, 15) is 4.79 Å². The molecule has 0 heterocycles. The molecule has 0 atom stereocenters. The minimum absolute atomic E-state index is 0.124. The van der Waals surface area contributed by atoms with Gasteiger partial charge in [-0.05, 0) is 30.5 Å². The second-order valence-corrected chi connectivity index (χ2v) is 3.32. The van der Waals surface area contributed by atoms with Crippen LogP contribution in [-0.4, -0.2) is 13.0 Å². The molecule has 3 N–H and O–H groups in total. The molecule has 0 bridgehead atoms. The van der Waals surface area contributed by atoms with Crippen molar-refractivity contribution in [3.63, 3.8) is 0 Å². The average Bonchev–Trinajstić information content (AvgIpc) is 2.19. The Labute approximate surface area is 84.3 Å². The van der Waals surface area contributed by atoms with E-state index in [-0.39, 0.29) is 5.91 Å². The summed E-state index contributed by atoms with van der Waals surface area (Å²) >= 11 is 0. The number of amides is 1. The molecule has 0 radical (unpaired) electrons. The summed E-state index contributed by atoms with van der Waals surface area (Å²) in [5.74, 6) is -0.124. The van der Waals surface area contributed by atoms with Crippen LogP contribution in [0.25, 0.3) is 0 Å². The highest BCUT2D eigenvalue weighted by Crippen LogP contribution is 2.20. The van der Waals surface area contributed by atoms with Crippen LogP contribution >= 0.6 is 0 Å². The molecular formula is C11H16N2O. The third-order valence-corrected chi connectivity index (χ3v) is 2.26. The number of anilines is 1. The van der Waals surface area contributed by atoms with Crippen molar-refractivity contribution in [2.75, 3.05) is 12.8 Å². The molecule has 1 aromatic carbocycles. The largest absolute Gasteiger partial charge is 0.398 e. The second kappa shape index (κ2) is 4.13. The van der Waals surface area contributed by atoms with Crippen molar-refractivity contribution >= 4 is 11.6 Å². The fourth-order valence-corrected chi connectivity index (χ4v) is 1.49. The Balaban J connectivity index is 3.29. The predicted octanol–water partition coefficient (Wildman–Crippen LogP) is 1.50. The van der Waals surface area contributed by atoms with Crippen molar-refractivity contribution in [2.24, 2.45) is 0 Å². The third kappa shape index (κ3) is 1.87. The van der Waals surface area contributed by atoms with Crippen molar-refractivity contribution in [3.05, 3.63) is 28.8 Å². The highest BCUT2D eigenvalue weighted by Gasteiger charge is 2.11. The lowest BCUT2D eigenvalue weighted by Gasteiger charge is -2.10. The molecule has 0 fully saturated rings. The summed E-state index contributed by atoms with van der Waals surface area (Å²) in [6.45, 7) is 3.99. The van der Waals surface area contributed by atoms with Crippen molar-refractivity contribution in [1.82, 2.24) is 5.32 Å². The van der Waals surface area contributed by atoms with Crippen LogP contribution < -0.4 is 11.1 Å². The van der Waals surface area contributed by atoms with Gasteiger partial charge >= 0.3 is 0 Å². The Morgan fingerprint density at radius 3 is 2.64 bits per heavy atom. The minimum Gasteiger partial charge on any atom is -0.398 e. The molecule has 0 aliphatic heterocycles. The molecule has 1 aromatic rings. The van der Waals surface area contributed by atoms with E-state index in [1.807, 2.05) is 26.0 Å². The smallest absolute Gasteiger partial charge is 0.253 e. The predicted molar refractivity (Wildman–Crippen MR) is 58.4 cm³/mol. The van der Waals surface area contributed by atoms with Gasteiger partial charge in [-0.1, -0.05) is 13.0 Å². The molecule has 0 saturated heterocycles. The van der Waals surface area contributed by atoms with Crippen LogP contribution in [-0.2, 0) is 6.42 Å². The SMILES string of the molecule is CCc1cc(C)cc(C(=O)NC)c1N. The molecule has 3 nitrogen and oxygen atoms in total. The van der Waals surface area contributed by atoms with Gasteiger partial charge in [0.05, 0.1) is 5.56 Å². The molecule has 0 unspecified atom stereocenters. The van der Waals surface area contributed by atoms with Crippen LogP contribution in [0.3, 0.4) is 0 Å². The number of nitrogens with two attached hydrogens (primary N) is 1. The number of nitrogen functional groups attached to an aromatic ring is 1. The minimum atomic E-state index is -0.124. The molecule has 0 spiro atoms. The molecule has 76 valence electrons. The zero-order chi connectivity index (χ0) is 10.7. The Morgan fingerprint density at radius 2 is 2.14 bits per heavy atom. The fraction of sp³-hybridized carbons (Fsp3) is 0.364. The Hall–Kier alpha value is -1.51. The molecule has 3 heteroatoms. The van der Waals surface area contributed by atoms with E-state index in [0.29, 0.717) is 11.3 Å². The molecule has 0 aliphatic carbocycles. The lowest BCUT2D eigenvalue weighted by atomic mass is 10.0. The van der Waals surface area contributed by atoms with E-state index in [0.717, 1.165) is 17.5 Å². The fourth-order valence-electron chi connectivity index (χ4n) is 1.49. The number of carbonyl (C=O) groups is 1. The Kier molecular flexibility index (Phi) is 3.12. The van der Waals surface area contributed by atoms with Crippen molar-refractivity contribution in [2.45, 2.75) is 20.3 Å². The van der Waals surface area contributed by atoms with Gasteiger partial charge in [-0.3, -0.25) is 4.79 Å². The molecule has 1 rings (SSSR count). The Morgan fingerprint density at radius 1 is 1.50 bits per heavy atom. The number of aryl methyl sites for hydroxylation is 2. The lowest BCUT2D eigenvalue weighted by Crippen LogP contribution is -2.20. The normalized spacial score (nSPS) is 9.93. The summed E-state index contributed by atoms with van der Waals surface area (Å²) in [4.78, 5) is 11.5. The van der Waals surface area contributed by atoms with Gasteiger partial charge in [-0.25, -0.2) is 0 Å². The zero-order valence-corrected chi connectivity index (χ0v) is 8.85. The average molecular weight is 192 g/mol. The molecule has 14 heavy (non-hydrogen) atoms. The summed E-state index contributed by atoms with van der Waals surface area (Å²) < 4.78 is 0. The number of hydrogen-bond donors (Lipinski definition) is 2. The summed E-state index contributed by atoms with van der Waals surface area (Å²) in [7, 11) is 1.61. The molecule has 0 saturated carbocycles. The zero-order valence-electron chi connectivity index (χ0n) is 8.85. The van der Waals surface area contributed by atoms with E-state index in [4.69, 9.17) is 5.73 Å². The van der Waals surface area contributed by atoms with E-state index in [1.54, 1.807) is 7.05 Å². The third-order valence-electron chi connectivity index (χ3n) is 2.26. The van der Waals surface area contributed by atoms with Crippen LogP contribution in [0.4, 0.5) is 5.69 Å². The van der Waals surface area contributed by atoms with Gasteiger partial charge < -0.3 is 11.1 Å². The van der Waals surface area contributed by atoms with Crippen molar-refractivity contribution < 1.29 is 4.79 Å². The monoisotopic (exact) mass is 192 g/mol. The topological polar surface area (TPSA) is 55.1 Å². The highest BCUT2D eigenvalue weighted by atomic mass is 16.1. The van der Waals surface area contributed by atoms with E-state index in [2.05, 4.69) is 5.32 Å². The maximum absolute atomic E-state index is 11.5. The van der Waals surface area contributed by atoms with Gasteiger partial charge in [-0.15, -0.1) is 0 Å². The van der Waals surface area contributed by atoms with E-state index in [1.165, 1.54) is 0 Å². The molecule has 0 aliphatic rings. The number of rotatable bonds is 2. The van der Waals surface area contributed by atoms with Crippen LogP contribution in [0.1, 0.15) is 28.4 Å². The van der Waals surface area contributed by atoms with Crippen LogP contribution in [0.15, 0.2) is 12.1 Å². The summed E-state index contributed by atoms with van der Waals surface area (Å²) in [6.07, 6.45) is 0.845. The first-order valence-electron chi connectivity index (χ1n) is 4.71. The van der Waals surface area contributed by atoms with Crippen molar-refractivity contribution in [1.29, 1.82) is 0 Å². The number of nitrogens with one attached hydrogen (secondary N) is 1. The maximum atomic E-state index is 11.5. The van der Waals surface area contributed by atoms with Gasteiger partial charge in [0, 0.05) is 12.7 Å². The van der Waals surface area contributed by atoms with Crippen molar-refractivity contribution in [3.8, 4) is 0 Å². The van der Waals surface area contributed by atoms with Gasteiger partial charge in [0.15, 0.2) is 0 Å². The summed E-state index contributed by atoms with van der Waals surface area (Å²) in [6, 6.07) is 3.83. The van der Waals surface area contributed by atoms with Gasteiger partial charge in [0.1, 0.15) is 0 Å². The van der Waals surface area contributed by atoms with Gasteiger partial charge in [-0.2, -0.15) is 0 Å². The lowest BCUT2D eigenvalue weighted by molar-refractivity contribution is 0.0964. The number of hydrogen-bond acceptors (Lipinski definition) is 2. The van der Waals surface area contributed by atoms with Crippen LogP contribution in [0.5, 0.6) is 0 Å². The molecular weight excluding hydrogens is 176 g/mol. The second-order valence-electron chi connectivity index (χ2n) is 3.32. The standard InChI is InChI=1S/C11H16N2O/c1-4-8-5-7(2)6-9(10(8)12)11(14)13-3/h5-6H,4,12H2,1-3H3,(H,13,14). The van der Waals surface area contributed by atoms with E-state index < -0.39 is 0 Å². The number of benzene rings is 1. The van der Waals surface area contributed by atoms with Crippen LogP contribution in [0.2, 0.25) is 0 Å². The van der Waals surface area contributed by atoms with Crippen LogP contribution in [0, 0.1) is 6.92 Å². The van der Waals surface area contributed by atoms with E-state index >= 15 is 0 Å². The van der Waals surface area contributed by atoms with Gasteiger partial charge in [0.2, 0.25) is 0 Å². The quantitative estimate of drug-likeness (QED) is 0.698. The maximum Gasteiger partial charge on any atom is 0.253 e. The molecule has 0 aromatic heterocycles.